The maximum Gasteiger partial charge on any atom is 0.323 e. The molecule has 2 saturated carbocycles. The molecule has 2 N–H and O–H groups in total. The molecule has 2 rings (SSSR count). The fraction of sp³-hybridized carbons (Fsp3) is 0.929. The molecule has 0 radical (unpaired) electrons. The lowest BCUT2D eigenvalue weighted by atomic mass is 9.98. The minimum atomic E-state index is -0.648. The van der Waals surface area contributed by atoms with E-state index in [4.69, 9.17) is 0 Å². The van der Waals surface area contributed by atoms with Gasteiger partial charge in [0.15, 0.2) is 0 Å². The summed E-state index contributed by atoms with van der Waals surface area (Å²) in [4.78, 5) is 11.5. The summed E-state index contributed by atoms with van der Waals surface area (Å²) in [5.74, 6) is -0.648. The summed E-state index contributed by atoms with van der Waals surface area (Å²) in [6.07, 6.45) is 9.06. The smallest absolute Gasteiger partial charge is 0.323 e. The van der Waals surface area contributed by atoms with Crippen molar-refractivity contribution in [3.05, 3.63) is 0 Å². The van der Waals surface area contributed by atoms with Crippen LogP contribution >= 0.6 is 11.8 Å². The third-order valence-corrected chi connectivity index (χ3v) is 5.92. The first-order valence-corrected chi connectivity index (χ1v) is 8.24. The Morgan fingerprint density at radius 1 is 1.33 bits per heavy atom. The van der Waals surface area contributed by atoms with Gasteiger partial charge in [-0.05, 0) is 45.1 Å². The van der Waals surface area contributed by atoms with Gasteiger partial charge in [0.1, 0.15) is 5.54 Å². The van der Waals surface area contributed by atoms with Crippen molar-refractivity contribution in [2.75, 3.05) is 6.54 Å². The predicted octanol–water partition coefficient (Wildman–Crippen LogP) is 3.04. The lowest BCUT2D eigenvalue weighted by Crippen LogP contribution is -2.50. The highest BCUT2D eigenvalue weighted by Crippen LogP contribution is 2.42. The fourth-order valence-electron chi connectivity index (χ4n) is 3.21. The van der Waals surface area contributed by atoms with Crippen LogP contribution in [-0.2, 0) is 4.79 Å². The number of hydrogen-bond donors (Lipinski definition) is 2. The SMILES string of the molecule is CCCNC1(C(=O)O)CCC(SC2CCCC2)C1. The number of aliphatic carboxylic acids is 1. The maximum absolute atomic E-state index is 11.5. The van der Waals surface area contributed by atoms with Crippen LogP contribution in [0.3, 0.4) is 0 Å². The van der Waals surface area contributed by atoms with Crippen molar-refractivity contribution in [2.24, 2.45) is 0 Å². The van der Waals surface area contributed by atoms with Crippen LogP contribution in [0.4, 0.5) is 0 Å². The van der Waals surface area contributed by atoms with Gasteiger partial charge in [-0.25, -0.2) is 0 Å². The van der Waals surface area contributed by atoms with E-state index in [-0.39, 0.29) is 0 Å². The van der Waals surface area contributed by atoms with Crippen LogP contribution in [0.1, 0.15) is 58.3 Å². The van der Waals surface area contributed by atoms with Crippen LogP contribution in [0.25, 0.3) is 0 Å². The van der Waals surface area contributed by atoms with Crippen LogP contribution in [0.5, 0.6) is 0 Å². The Balaban J connectivity index is 1.88. The number of rotatable bonds is 6. The van der Waals surface area contributed by atoms with Gasteiger partial charge in [0.05, 0.1) is 0 Å². The van der Waals surface area contributed by atoms with E-state index < -0.39 is 11.5 Å². The molecule has 0 heterocycles. The highest BCUT2D eigenvalue weighted by molar-refractivity contribution is 8.00. The van der Waals surface area contributed by atoms with Crippen molar-refractivity contribution < 1.29 is 9.90 Å². The summed E-state index contributed by atoms with van der Waals surface area (Å²) in [5.41, 5.74) is -0.633. The van der Waals surface area contributed by atoms with E-state index >= 15 is 0 Å². The van der Waals surface area contributed by atoms with Gasteiger partial charge in [-0.15, -0.1) is 0 Å². The van der Waals surface area contributed by atoms with Crippen molar-refractivity contribution in [3.8, 4) is 0 Å². The Kier molecular flexibility index (Phi) is 4.96. The molecule has 3 nitrogen and oxygen atoms in total. The zero-order valence-electron chi connectivity index (χ0n) is 11.3. The normalized spacial score (nSPS) is 33.1. The second-order valence-electron chi connectivity index (χ2n) is 5.72. The minimum absolute atomic E-state index is 0.550. The average Bonchev–Trinajstić information content (AvgIpc) is 2.97. The second kappa shape index (κ2) is 6.29. The Hall–Kier alpha value is -0.220. The molecule has 104 valence electrons. The largest absolute Gasteiger partial charge is 0.480 e. The lowest BCUT2D eigenvalue weighted by molar-refractivity contribution is -0.144. The molecule has 0 bridgehead atoms. The molecule has 18 heavy (non-hydrogen) atoms. The molecule has 2 atom stereocenters. The zero-order chi connectivity index (χ0) is 13.0. The topological polar surface area (TPSA) is 49.3 Å². The van der Waals surface area contributed by atoms with Gasteiger partial charge >= 0.3 is 5.97 Å². The standard InChI is InChI=1S/C14H25NO2S/c1-2-9-15-14(13(16)17)8-7-12(10-14)18-11-5-3-4-6-11/h11-12,15H,2-10H2,1H3,(H,16,17). The van der Waals surface area contributed by atoms with Crippen LogP contribution < -0.4 is 5.32 Å². The molecule has 0 aromatic rings. The highest BCUT2D eigenvalue weighted by atomic mass is 32.2. The van der Waals surface area contributed by atoms with Crippen LogP contribution in [0.15, 0.2) is 0 Å². The molecule has 0 saturated heterocycles. The van der Waals surface area contributed by atoms with Crippen LogP contribution in [-0.4, -0.2) is 33.7 Å². The number of carboxylic acid groups (broad SMARTS) is 1. The summed E-state index contributed by atoms with van der Waals surface area (Å²) in [6.45, 7) is 2.90. The maximum atomic E-state index is 11.5. The molecule has 0 aliphatic heterocycles. The summed E-state index contributed by atoms with van der Waals surface area (Å²) >= 11 is 2.06. The van der Waals surface area contributed by atoms with E-state index in [0.717, 1.165) is 37.5 Å². The first-order chi connectivity index (χ1) is 8.66. The Morgan fingerprint density at radius 3 is 2.67 bits per heavy atom. The zero-order valence-corrected chi connectivity index (χ0v) is 12.1. The molecule has 0 spiro atoms. The first kappa shape index (κ1) is 14.2. The Morgan fingerprint density at radius 2 is 2.06 bits per heavy atom. The van der Waals surface area contributed by atoms with Crippen molar-refractivity contribution in [2.45, 2.75) is 74.3 Å². The van der Waals surface area contributed by atoms with E-state index in [1.54, 1.807) is 0 Å². The number of carbonyl (C=O) groups is 1. The summed E-state index contributed by atoms with van der Waals surface area (Å²) in [5, 5.41) is 14.1. The van der Waals surface area contributed by atoms with Crippen molar-refractivity contribution in [1.29, 1.82) is 0 Å². The minimum Gasteiger partial charge on any atom is -0.480 e. The molecule has 2 unspecified atom stereocenters. The second-order valence-corrected chi connectivity index (χ2v) is 7.33. The average molecular weight is 271 g/mol. The van der Waals surface area contributed by atoms with Gasteiger partial charge in [-0.3, -0.25) is 4.79 Å². The van der Waals surface area contributed by atoms with Crippen LogP contribution in [0, 0.1) is 0 Å². The lowest BCUT2D eigenvalue weighted by Gasteiger charge is -2.26. The molecule has 0 amide bonds. The van der Waals surface area contributed by atoms with Gasteiger partial charge in [0.25, 0.3) is 0 Å². The molecule has 2 fully saturated rings. The fourth-order valence-corrected chi connectivity index (χ4v) is 4.99. The van der Waals surface area contributed by atoms with Crippen molar-refractivity contribution >= 4 is 17.7 Å². The number of carboxylic acids is 1. The predicted molar refractivity (Wildman–Crippen MR) is 76.1 cm³/mol. The van der Waals surface area contributed by atoms with Gasteiger partial charge < -0.3 is 10.4 Å². The molecule has 4 heteroatoms. The highest BCUT2D eigenvalue weighted by Gasteiger charge is 2.45. The van der Waals surface area contributed by atoms with Gasteiger partial charge in [-0.1, -0.05) is 19.8 Å². The van der Waals surface area contributed by atoms with E-state index in [2.05, 4.69) is 24.0 Å². The summed E-state index contributed by atoms with van der Waals surface area (Å²) in [6, 6.07) is 0. The molecular weight excluding hydrogens is 246 g/mol. The van der Waals surface area contributed by atoms with Crippen LogP contribution in [0.2, 0.25) is 0 Å². The van der Waals surface area contributed by atoms with E-state index in [9.17, 15) is 9.90 Å². The number of thioether (sulfide) groups is 1. The molecular formula is C14H25NO2S. The number of hydrogen-bond acceptors (Lipinski definition) is 3. The third kappa shape index (κ3) is 3.21. The molecule has 0 aromatic heterocycles. The monoisotopic (exact) mass is 271 g/mol. The Bertz CT molecular complexity index is 292. The van der Waals surface area contributed by atoms with Crippen molar-refractivity contribution in [3.63, 3.8) is 0 Å². The quantitative estimate of drug-likeness (QED) is 0.779. The molecule has 0 aromatic carbocycles. The van der Waals surface area contributed by atoms with E-state index in [0.29, 0.717) is 5.25 Å². The molecule has 2 aliphatic rings. The van der Waals surface area contributed by atoms with E-state index in [1.807, 2.05) is 0 Å². The summed E-state index contributed by atoms with van der Waals surface area (Å²) in [7, 11) is 0. The Labute approximate surface area is 114 Å². The molecule has 2 aliphatic carbocycles. The van der Waals surface area contributed by atoms with Gasteiger partial charge in [-0.2, -0.15) is 11.8 Å². The van der Waals surface area contributed by atoms with Gasteiger partial charge in [0, 0.05) is 10.5 Å². The number of nitrogens with one attached hydrogen (secondary N) is 1. The van der Waals surface area contributed by atoms with Crippen molar-refractivity contribution in [1.82, 2.24) is 5.32 Å². The van der Waals surface area contributed by atoms with E-state index in [1.165, 1.54) is 25.7 Å². The summed E-state index contributed by atoms with van der Waals surface area (Å²) < 4.78 is 0. The van der Waals surface area contributed by atoms with Gasteiger partial charge in [0.2, 0.25) is 0 Å². The first-order valence-electron chi connectivity index (χ1n) is 7.30. The third-order valence-electron chi connectivity index (χ3n) is 4.28.